The maximum Gasteiger partial charge on any atom is 0.270 e. The Kier molecular flexibility index (Phi) is 2.47. The van der Waals surface area contributed by atoms with Crippen molar-refractivity contribution in [2.75, 3.05) is 0 Å². The summed E-state index contributed by atoms with van der Waals surface area (Å²) in [6, 6.07) is 9.18. The Bertz CT molecular complexity index is 604. The van der Waals surface area contributed by atoms with Crippen LogP contribution in [0.5, 0.6) is 0 Å². The van der Waals surface area contributed by atoms with E-state index in [9.17, 15) is 5.21 Å². The van der Waals surface area contributed by atoms with Gasteiger partial charge in [0.25, 0.3) is 5.69 Å². The van der Waals surface area contributed by atoms with Crippen LogP contribution in [0.25, 0.3) is 5.69 Å². The smallest absolute Gasteiger partial charge is 0.270 e. The van der Waals surface area contributed by atoms with Gasteiger partial charge in [-0.05, 0) is 29.8 Å². The Labute approximate surface area is 103 Å². The molecular weight excluding hydrogens is 232 g/mol. The second kappa shape index (κ2) is 4.14. The minimum atomic E-state index is 0.482. The van der Waals surface area contributed by atoms with Crippen molar-refractivity contribution in [3.63, 3.8) is 0 Å². The van der Waals surface area contributed by atoms with Gasteiger partial charge in [-0.3, -0.25) is 0 Å². The van der Waals surface area contributed by atoms with Crippen LogP contribution in [0.15, 0.2) is 35.5 Å². The first kappa shape index (κ1) is 10.8. The van der Waals surface area contributed by atoms with E-state index in [4.69, 9.17) is 5.21 Å². The van der Waals surface area contributed by atoms with E-state index in [0.717, 1.165) is 11.3 Å². The average Bonchev–Trinajstić information content (AvgIpc) is 2.77. The Balaban J connectivity index is 2.17. The molecule has 0 saturated carbocycles. The zero-order chi connectivity index (χ0) is 12.5. The molecule has 1 aliphatic carbocycles. The maximum atomic E-state index is 12.2. The highest BCUT2D eigenvalue weighted by molar-refractivity contribution is 5.99. The van der Waals surface area contributed by atoms with Crippen molar-refractivity contribution in [3.8, 4) is 5.69 Å². The molecule has 3 rings (SSSR count). The zero-order valence-electron chi connectivity index (χ0n) is 9.65. The molecule has 6 heteroatoms. The van der Waals surface area contributed by atoms with Crippen LogP contribution in [0.2, 0.25) is 0 Å². The Hall–Kier alpha value is -2.37. The number of benzene rings is 1. The van der Waals surface area contributed by atoms with Crippen LogP contribution in [0.1, 0.15) is 24.2 Å². The first-order valence-electron chi connectivity index (χ1n) is 5.79. The van der Waals surface area contributed by atoms with Gasteiger partial charge in [0, 0.05) is 6.42 Å². The van der Waals surface area contributed by atoms with E-state index >= 15 is 0 Å². The second-order valence-corrected chi connectivity index (χ2v) is 4.19. The SMILES string of the molecule is [O-][n+]1c2c(nn1-c1ccccc1)/C(=N\O)CCC2. The van der Waals surface area contributed by atoms with Gasteiger partial charge in [0.15, 0.2) is 5.69 Å². The number of oxime groups is 1. The highest BCUT2D eigenvalue weighted by Gasteiger charge is 2.31. The summed E-state index contributed by atoms with van der Waals surface area (Å²) >= 11 is 0. The number of hydrogen-bond donors (Lipinski definition) is 1. The topological polar surface area (TPSA) is 77.3 Å². The van der Waals surface area contributed by atoms with E-state index in [1.165, 1.54) is 4.80 Å². The highest BCUT2D eigenvalue weighted by atomic mass is 16.5. The normalized spacial score (nSPS) is 16.8. The molecule has 18 heavy (non-hydrogen) atoms. The van der Waals surface area contributed by atoms with E-state index in [2.05, 4.69) is 10.3 Å². The molecule has 0 amide bonds. The van der Waals surface area contributed by atoms with Crippen molar-refractivity contribution < 1.29 is 10.1 Å². The van der Waals surface area contributed by atoms with E-state index in [1.54, 1.807) is 0 Å². The molecule has 1 N–H and O–H groups in total. The standard InChI is InChI=1S/C12H12N4O2/c17-14-10-7-4-8-11-12(10)13-15(16(11)18)9-5-2-1-3-6-9/h1-3,5-6,17H,4,7-8H2/b14-10-. The van der Waals surface area contributed by atoms with Gasteiger partial charge in [0.2, 0.25) is 0 Å². The Morgan fingerprint density at radius 3 is 2.78 bits per heavy atom. The second-order valence-electron chi connectivity index (χ2n) is 4.19. The minimum Gasteiger partial charge on any atom is -0.692 e. The van der Waals surface area contributed by atoms with Gasteiger partial charge in [-0.1, -0.05) is 23.4 Å². The van der Waals surface area contributed by atoms with Crippen LogP contribution in [0.4, 0.5) is 0 Å². The van der Waals surface area contributed by atoms with Crippen molar-refractivity contribution in [2.45, 2.75) is 19.3 Å². The van der Waals surface area contributed by atoms with Crippen LogP contribution in [0, 0.1) is 5.21 Å². The van der Waals surface area contributed by atoms with Crippen LogP contribution in [-0.2, 0) is 6.42 Å². The molecule has 0 atom stereocenters. The molecule has 0 aliphatic heterocycles. The lowest BCUT2D eigenvalue weighted by molar-refractivity contribution is -0.695. The summed E-state index contributed by atoms with van der Waals surface area (Å²) in [5, 5.41) is 28.6. The summed E-state index contributed by atoms with van der Waals surface area (Å²) in [5.41, 5.74) is 2.25. The first-order chi connectivity index (χ1) is 8.81. The average molecular weight is 244 g/mol. The summed E-state index contributed by atoms with van der Waals surface area (Å²) in [6.07, 6.45) is 2.11. The fourth-order valence-electron chi connectivity index (χ4n) is 2.20. The lowest BCUT2D eigenvalue weighted by Gasteiger charge is -2.09. The number of rotatable bonds is 1. The molecule has 0 saturated heterocycles. The van der Waals surface area contributed by atoms with Gasteiger partial charge in [-0.15, -0.1) is 4.85 Å². The molecule has 0 bridgehead atoms. The van der Waals surface area contributed by atoms with Crippen molar-refractivity contribution in [1.82, 2.24) is 9.90 Å². The summed E-state index contributed by atoms with van der Waals surface area (Å²) < 4.78 is 0. The summed E-state index contributed by atoms with van der Waals surface area (Å²) in [6.45, 7) is 0. The van der Waals surface area contributed by atoms with Gasteiger partial charge in [0.05, 0.1) is 5.10 Å². The number of para-hydroxylation sites is 1. The monoisotopic (exact) mass is 244 g/mol. The minimum absolute atomic E-state index is 0.482. The van der Waals surface area contributed by atoms with E-state index in [-0.39, 0.29) is 0 Å². The zero-order valence-corrected chi connectivity index (χ0v) is 9.65. The molecule has 0 radical (unpaired) electrons. The lowest BCUT2D eigenvalue weighted by Crippen LogP contribution is -2.40. The molecule has 1 heterocycles. The highest BCUT2D eigenvalue weighted by Crippen LogP contribution is 2.18. The van der Waals surface area contributed by atoms with Crippen molar-refractivity contribution in [3.05, 3.63) is 46.9 Å². The van der Waals surface area contributed by atoms with Crippen LogP contribution in [0.3, 0.4) is 0 Å². The van der Waals surface area contributed by atoms with Gasteiger partial charge in [-0.2, -0.15) is 0 Å². The van der Waals surface area contributed by atoms with Crippen molar-refractivity contribution >= 4 is 5.71 Å². The van der Waals surface area contributed by atoms with Gasteiger partial charge < -0.3 is 10.4 Å². The third-order valence-electron chi connectivity index (χ3n) is 3.08. The van der Waals surface area contributed by atoms with Crippen LogP contribution >= 0.6 is 0 Å². The molecule has 6 nitrogen and oxygen atoms in total. The molecule has 92 valence electrons. The van der Waals surface area contributed by atoms with Gasteiger partial charge in [-0.25, -0.2) is 0 Å². The third kappa shape index (κ3) is 1.54. The molecule has 0 unspecified atom stereocenters. The summed E-state index contributed by atoms with van der Waals surface area (Å²) in [5.74, 6) is 0. The fraction of sp³-hybridized carbons (Fsp3) is 0.250. The quantitative estimate of drug-likeness (QED) is 0.352. The summed E-state index contributed by atoms with van der Waals surface area (Å²) in [7, 11) is 0. The fourth-order valence-corrected chi connectivity index (χ4v) is 2.20. The molecule has 1 aromatic carbocycles. The van der Waals surface area contributed by atoms with Crippen LogP contribution < -0.4 is 4.85 Å². The number of aromatic nitrogens is 3. The predicted molar refractivity (Wildman–Crippen MR) is 63.8 cm³/mol. The number of hydrogen-bond acceptors (Lipinski definition) is 4. The largest absolute Gasteiger partial charge is 0.692 e. The number of nitrogens with zero attached hydrogens (tertiary/aromatic N) is 4. The number of fused-ring (bicyclic) bond motifs is 1. The molecule has 2 aromatic rings. The predicted octanol–water partition coefficient (Wildman–Crippen LogP) is 1.02. The van der Waals surface area contributed by atoms with E-state index in [0.29, 0.717) is 35.6 Å². The molecule has 1 aromatic heterocycles. The first-order valence-corrected chi connectivity index (χ1v) is 5.79. The Morgan fingerprint density at radius 1 is 1.28 bits per heavy atom. The van der Waals surface area contributed by atoms with E-state index in [1.807, 2.05) is 30.3 Å². The molecular formula is C12H12N4O2. The molecule has 0 fully saturated rings. The maximum absolute atomic E-state index is 12.2. The van der Waals surface area contributed by atoms with E-state index < -0.39 is 0 Å². The van der Waals surface area contributed by atoms with Gasteiger partial charge in [0.1, 0.15) is 11.4 Å². The summed E-state index contributed by atoms with van der Waals surface area (Å²) in [4.78, 5) is 2.07. The third-order valence-corrected chi connectivity index (χ3v) is 3.08. The van der Waals surface area contributed by atoms with Crippen molar-refractivity contribution in [1.29, 1.82) is 0 Å². The molecule has 0 spiro atoms. The Morgan fingerprint density at radius 2 is 2.06 bits per heavy atom. The lowest BCUT2D eigenvalue weighted by atomic mass is 9.99. The van der Waals surface area contributed by atoms with Crippen LogP contribution in [-0.4, -0.2) is 20.8 Å². The van der Waals surface area contributed by atoms with Gasteiger partial charge >= 0.3 is 0 Å². The molecule has 1 aliphatic rings. The van der Waals surface area contributed by atoms with Crippen molar-refractivity contribution in [2.24, 2.45) is 5.16 Å².